The molecule has 1 aromatic heterocycles. The normalized spacial score (nSPS) is 11.4. The van der Waals surface area contributed by atoms with Crippen molar-refractivity contribution in [1.29, 1.82) is 0 Å². The smallest absolute Gasteiger partial charge is 0.414 e. The molecule has 1 rings (SSSR count). The summed E-state index contributed by atoms with van der Waals surface area (Å²) in [4.78, 5) is 24.5. The second-order valence-electron chi connectivity index (χ2n) is 4.38. The predicted octanol–water partition coefficient (Wildman–Crippen LogP) is 0.295. The molecule has 0 bridgehead atoms. The highest BCUT2D eigenvalue weighted by Gasteiger charge is 2.05. The SMILES string of the molecule is CC(CCOc1nccn1C)N(C)C.O=C(O)C(=O)O. The molecule has 0 saturated heterocycles. The number of hydrogen-bond acceptors (Lipinski definition) is 5. The molecule has 2 N–H and O–H groups in total. The largest absolute Gasteiger partial charge is 0.473 e. The zero-order valence-electron chi connectivity index (χ0n) is 12.1. The van der Waals surface area contributed by atoms with E-state index in [4.69, 9.17) is 24.5 Å². The number of carboxylic acids is 2. The van der Waals surface area contributed by atoms with Crippen molar-refractivity contribution in [3.63, 3.8) is 0 Å². The molecule has 1 unspecified atom stereocenters. The number of aliphatic carboxylic acids is 2. The Balaban J connectivity index is 0.000000511. The second-order valence-corrected chi connectivity index (χ2v) is 4.38. The zero-order chi connectivity index (χ0) is 15.7. The summed E-state index contributed by atoms with van der Waals surface area (Å²) >= 11 is 0. The topological polar surface area (TPSA) is 105 Å². The van der Waals surface area contributed by atoms with E-state index >= 15 is 0 Å². The van der Waals surface area contributed by atoms with Crippen LogP contribution in [0.1, 0.15) is 13.3 Å². The van der Waals surface area contributed by atoms with Crippen LogP contribution in [-0.2, 0) is 16.6 Å². The van der Waals surface area contributed by atoms with E-state index < -0.39 is 11.9 Å². The van der Waals surface area contributed by atoms with Gasteiger partial charge in [-0.3, -0.25) is 0 Å². The lowest BCUT2D eigenvalue weighted by atomic mass is 10.2. The first kappa shape index (κ1) is 17.9. The van der Waals surface area contributed by atoms with Gasteiger partial charge in [0.1, 0.15) is 0 Å². The van der Waals surface area contributed by atoms with Gasteiger partial charge in [-0.1, -0.05) is 0 Å². The first-order chi connectivity index (χ1) is 9.25. The number of aromatic nitrogens is 2. The molecule has 1 heterocycles. The number of rotatable bonds is 5. The highest BCUT2D eigenvalue weighted by molar-refractivity contribution is 6.27. The van der Waals surface area contributed by atoms with E-state index in [0.717, 1.165) is 6.42 Å². The minimum Gasteiger partial charge on any atom is -0.473 e. The third kappa shape index (κ3) is 7.37. The van der Waals surface area contributed by atoms with Crippen LogP contribution >= 0.6 is 0 Å². The van der Waals surface area contributed by atoms with Crippen molar-refractivity contribution >= 4 is 11.9 Å². The van der Waals surface area contributed by atoms with E-state index in [2.05, 4.69) is 30.9 Å². The summed E-state index contributed by atoms with van der Waals surface area (Å²) in [5, 5.41) is 14.8. The molecule has 0 aliphatic carbocycles. The highest BCUT2D eigenvalue weighted by Crippen LogP contribution is 2.06. The van der Waals surface area contributed by atoms with E-state index in [1.54, 1.807) is 6.20 Å². The van der Waals surface area contributed by atoms with E-state index in [1.165, 1.54) is 0 Å². The van der Waals surface area contributed by atoms with Crippen LogP contribution in [0.4, 0.5) is 0 Å². The molecule has 1 atom stereocenters. The zero-order valence-corrected chi connectivity index (χ0v) is 12.1. The minimum absolute atomic E-state index is 0.537. The number of hydrogen-bond donors (Lipinski definition) is 2. The molecule has 0 spiro atoms. The van der Waals surface area contributed by atoms with Crippen LogP contribution in [0.15, 0.2) is 12.4 Å². The molecule has 0 aliphatic heterocycles. The molecule has 114 valence electrons. The maximum atomic E-state index is 9.10. The van der Waals surface area contributed by atoms with E-state index in [-0.39, 0.29) is 0 Å². The summed E-state index contributed by atoms with van der Waals surface area (Å²) in [5.74, 6) is -3.65. The van der Waals surface area contributed by atoms with Crippen molar-refractivity contribution in [2.45, 2.75) is 19.4 Å². The summed E-state index contributed by atoms with van der Waals surface area (Å²) < 4.78 is 7.40. The van der Waals surface area contributed by atoms with Crippen LogP contribution < -0.4 is 4.74 Å². The van der Waals surface area contributed by atoms with Gasteiger partial charge in [0, 0.05) is 25.5 Å². The van der Waals surface area contributed by atoms with Crippen LogP contribution in [0.5, 0.6) is 6.01 Å². The molecule has 0 radical (unpaired) electrons. The van der Waals surface area contributed by atoms with Gasteiger partial charge in [0.15, 0.2) is 0 Å². The fourth-order valence-corrected chi connectivity index (χ4v) is 1.07. The van der Waals surface area contributed by atoms with Crippen LogP contribution in [0.25, 0.3) is 0 Å². The number of carboxylic acid groups (broad SMARTS) is 2. The van der Waals surface area contributed by atoms with E-state index in [1.807, 2.05) is 17.8 Å². The van der Waals surface area contributed by atoms with Crippen LogP contribution in [-0.4, -0.2) is 63.3 Å². The van der Waals surface area contributed by atoms with Crippen LogP contribution in [0.2, 0.25) is 0 Å². The van der Waals surface area contributed by atoms with Crippen LogP contribution in [0.3, 0.4) is 0 Å². The molecule has 0 amide bonds. The summed E-state index contributed by atoms with van der Waals surface area (Å²) in [7, 11) is 6.08. The van der Waals surface area contributed by atoms with Gasteiger partial charge in [-0.2, -0.15) is 0 Å². The lowest BCUT2D eigenvalue weighted by Crippen LogP contribution is -2.26. The van der Waals surface area contributed by atoms with Crippen LogP contribution in [0, 0.1) is 0 Å². The van der Waals surface area contributed by atoms with Crippen molar-refractivity contribution < 1.29 is 24.5 Å². The van der Waals surface area contributed by atoms with Crippen molar-refractivity contribution in [3.05, 3.63) is 12.4 Å². The van der Waals surface area contributed by atoms with Gasteiger partial charge in [-0.05, 0) is 27.4 Å². The fraction of sp³-hybridized carbons (Fsp3) is 0.583. The second kappa shape index (κ2) is 8.92. The van der Waals surface area contributed by atoms with Gasteiger partial charge in [-0.15, -0.1) is 0 Å². The average Bonchev–Trinajstić information content (AvgIpc) is 2.75. The molecule has 0 aliphatic rings. The van der Waals surface area contributed by atoms with Crippen molar-refractivity contribution in [1.82, 2.24) is 14.5 Å². The van der Waals surface area contributed by atoms with Gasteiger partial charge in [-0.25, -0.2) is 14.6 Å². The maximum Gasteiger partial charge on any atom is 0.414 e. The Morgan fingerprint density at radius 3 is 2.30 bits per heavy atom. The Morgan fingerprint density at radius 2 is 1.95 bits per heavy atom. The number of aryl methyl sites for hydroxylation is 1. The quantitative estimate of drug-likeness (QED) is 0.750. The molecular formula is C12H21N3O5. The van der Waals surface area contributed by atoms with Crippen molar-refractivity contribution in [3.8, 4) is 6.01 Å². The third-order valence-corrected chi connectivity index (χ3v) is 2.61. The Labute approximate surface area is 117 Å². The standard InChI is InChI=1S/C10H19N3O.C2H2O4/c1-9(12(2)3)5-8-14-10-11-6-7-13(10)4;3-1(4)2(5)6/h6-7,9H,5,8H2,1-4H3;(H,3,4)(H,5,6). The molecule has 1 aromatic rings. The molecule has 0 fully saturated rings. The Kier molecular flexibility index (Phi) is 7.98. The van der Waals surface area contributed by atoms with E-state index in [0.29, 0.717) is 18.7 Å². The Bertz CT molecular complexity index is 418. The lowest BCUT2D eigenvalue weighted by Gasteiger charge is -2.19. The first-order valence-electron chi connectivity index (χ1n) is 5.98. The lowest BCUT2D eigenvalue weighted by molar-refractivity contribution is -0.159. The van der Waals surface area contributed by atoms with Gasteiger partial charge in [0.2, 0.25) is 0 Å². The molecule has 20 heavy (non-hydrogen) atoms. The predicted molar refractivity (Wildman–Crippen MR) is 71.7 cm³/mol. The van der Waals surface area contributed by atoms with Crippen molar-refractivity contribution in [2.75, 3.05) is 20.7 Å². The monoisotopic (exact) mass is 287 g/mol. The first-order valence-corrected chi connectivity index (χ1v) is 5.98. The molecule has 0 aromatic carbocycles. The number of nitrogens with zero attached hydrogens (tertiary/aromatic N) is 3. The van der Waals surface area contributed by atoms with Crippen molar-refractivity contribution in [2.24, 2.45) is 7.05 Å². The fourth-order valence-electron chi connectivity index (χ4n) is 1.07. The third-order valence-electron chi connectivity index (χ3n) is 2.61. The Morgan fingerprint density at radius 1 is 1.40 bits per heavy atom. The summed E-state index contributed by atoms with van der Waals surface area (Å²) in [6.07, 6.45) is 4.63. The number of ether oxygens (including phenoxy) is 1. The average molecular weight is 287 g/mol. The number of imidazole rings is 1. The maximum absolute atomic E-state index is 9.10. The summed E-state index contributed by atoms with van der Waals surface area (Å²) in [6, 6.07) is 1.23. The van der Waals surface area contributed by atoms with Gasteiger partial charge >= 0.3 is 11.9 Å². The number of carbonyl (C=O) groups is 2. The molecule has 8 heteroatoms. The minimum atomic E-state index is -1.82. The summed E-state index contributed by atoms with van der Waals surface area (Å²) in [6.45, 7) is 2.89. The molecular weight excluding hydrogens is 266 g/mol. The van der Waals surface area contributed by atoms with E-state index in [9.17, 15) is 0 Å². The molecule has 0 saturated carbocycles. The molecule has 8 nitrogen and oxygen atoms in total. The van der Waals surface area contributed by atoms with Gasteiger partial charge < -0.3 is 24.4 Å². The highest BCUT2D eigenvalue weighted by atomic mass is 16.5. The Hall–Kier alpha value is -2.09. The summed E-state index contributed by atoms with van der Waals surface area (Å²) in [5.41, 5.74) is 0. The van der Waals surface area contributed by atoms with Gasteiger partial charge in [0.25, 0.3) is 6.01 Å². The van der Waals surface area contributed by atoms with Gasteiger partial charge in [0.05, 0.1) is 6.61 Å².